The molecule has 0 N–H and O–H groups in total. The van der Waals surface area contributed by atoms with Gasteiger partial charge in [-0.2, -0.15) is 4.73 Å². The Morgan fingerprint density at radius 1 is 1.02 bits per heavy atom. The van der Waals surface area contributed by atoms with Crippen molar-refractivity contribution in [1.29, 1.82) is 0 Å². The highest BCUT2D eigenvalue weighted by Gasteiger charge is 2.64. The number of nitrogens with zero attached hydrogens (tertiary/aromatic N) is 1. The second-order valence-corrected chi connectivity index (χ2v) is 15.5. The molecule has 1 aromatic heterocycles. The minimum Gasteiger partial charge on any atom is -0.463 e. The van der Waals surface area contributed by atoms with Crippen molar-refractivity contribution in [2.24, 2.45) is 46.3 Å². The molecule has 9 heteroatoms. The van der Waals surface area contributed by atoms with Crippen molar-refractivity contribution in [2.45, 2.75) is 118 Å². The van der Waals surface area contributed by atoms with Crippen molar-refractivity contribution in [2.75, 3.05) is 0 Å². The summed E-state index contributed by atoms with van der Waals surface area (Å²) in [6.45, 7) is 12.2. The van der Waals surface area contributed by atoms with Gasteiger partial charge in [0.1, 0.15) is 12.2 Å². The molecule has 1 aromatic rings. The summed E-state index contributed by atoms with van der Waals surface area (Å²) in [5.74, 6) is 2.03. The zero-order chi connectivity index (χ0) is 29.7. The molecule has 4 aliphatic rings. The fourth-order valence-electron chi connectivity index (χ4n) is 9.99. The van der Waals surface area contributed by atoms with Crippen LogP contribution in [0.2, 0.25) is 0 Å². The lowest BCUT2D eigenvalue weighted by Gasteiger charge is -2.62. The van der Waals surface area contributed by atoms with Crippen LogP contribution < -0.4 is 4.84 Å². The molecular weight excluding hydrogens is 558 g/mol. The average molecular weight is 606 g/mol. The van der Waals surface area contributed by atoms with Gasteiger partial charge in [0.2, 0.25) is 0 Å². The first-order valence-electron chi connectivity index (χ1n) is 15.6. The summed E-state index contributed by atoms with van der Waals surface area (Å²) < 4.78 is 13.8. The SMILES string of the molecule is CC(=O)O[C@@H]1CC[C@@]2(C)[C@@H](C1)C[C@@H](OC(C)=O)[C@@H]1[C@@H]2CC[C@]2(C)[C@@H]([C@H](C)CCC(=O)On3c(C)csc3=S)CC[C@@H]12. The minimum absolute atomic E-state index is 0.0305. The highest BCUT2D eigenvalue weighted by Crippen LogP contribution is 2.68. The van der Waals surface area contributed by atoms with E-state index in [0.717, 1.165) is 57.1 Å². The van der Waals surface area contributed by atoms with Crippen LogP contribution in [0, 0.1) is 57.2 Å². The third kappa shape index (κ3) is 5.78. The van der Waals surface area contributed by atoms with Gasteiger partial charge in [0.25, 0.3) is 0 Å². The molecule has 4 saturated carbocycles. The Hall–Kier alpha value is -1.74. The maximum Gasteiger partial charge on any atom is 0.332 e. The molecule has 4 aliphatic carbocycles. The van der Waals surface area contributed by atoms with E-state index in [2.05, 4.69) is 20.8 Å². The molecule has 0 aromatic carbocycles. The van der Waals surface area contributed by atoms with Gasteiger partial charge in [-0.25, -0.2) is 4.79 Å². The first-order chi connectivity index (χ1) is 19.3. The van der Waals surface area contributed by atoms with Crippen molar-refractivity contribution in [3.63, 3.8) is 0 Å². The number of hydrogen-bond donors (Lipinski definition) is 0. The summed E-state index contributed by atoms with van der Waals surface area (Å²) in [5.41, 5.74) is 1.18. The van der Waals surface area contributed by atoms with Crippen LogP contribution in [-0.4, -0.2) is 34.8 Å². The highest BCUT2D eigenvalue weighted by molar-refractivity contribution is 7.73. The molecule has 228 valence electrons. The van der Waals surface area contributed by atoms with Crippen LogP contribution in [0.5, 0.6) is 0 Å². The van der Waals surface area contributed by atoms with E-state index < -0.39 is 0 Å². The fourth-order valence-corrected chi connectivity index (χ4v) is 11.0. The van der Waals surface area contributed by atoms with Crippen molar-refractivity contribution in [1.82, 2.24) is 4.73 Å². The number of esters is 2. The van der Waals surface area contributed by atoms with E-state index in [9.17, 15) is 14.4 Å². The van der Waals surface area contributed by atoms with Gasteiger partial charge in [0.05, 0.1) is 5.69 Å². The van der Waals surface area contributed by atoms with Gasteiger partial charge in [-0.05, 0) is 117 Å². The summed E-state index contributed by atoms with van der Waals surface area (Å²) in [4.78, 5) is 42.3. The molecule has 4 fully saturated rings. The van der Waals surface area contributed by atoms with Gasteiger partial charge in [-0.3, -0.25) is 9.59 Å². The van der Waals surface area contributed by atoms with Crippen LogP contribution >= 0.6 is 23.6 Å². The van der Waals surface area contributed by atoms with E-state index in [0.29, 0.717) is 45.9 Å². The Balaban J connectivity index is 1.30. The van der Waals surface area contributed by atoms with Gasteiger partial charge in [0.15, 0.2) is 3.95 Å². The molecular formula is C32H47NO6S2. The van der Waals surface area contributed by atoms with Crippen molar-refractivity contribution in [3.8, 4) is 0 Å². The third-order valence-electron chi connectivity index (χ3n) is 11.8. The second-order valence-electron chi connectivity index (χ2n) is 14.0. The first kappa shape index (κ1) is 30.7. The summed E-state index contributed by atoms with van der Waals surface area (Å²) >= 11 is 6.69. The van der Waals surface area contributed by atoms with Gasteiger partial charge >= 0.3 is 17.9 Å². The van der Waals surface area contributed by atoms with Crippen molar-refractivity contribution < 1.29 is 28.7 Å². The number of aromatic nitrogens is 1. The van der Waals surface area contributed by atoms with Crippen LogP contribution in [0.3, 0.4) is 0 Å². The standard InChI is InChI=1S/C32H47NO6S2/c1-18(7-10-28(36)39-33-19(2)17-41-30(33)40)24-8-9-25-29-26(12-14-32(24,25)6)31(5)13-11-23(37-20(3)34)15-22(31)16-27(29)38-21(4)35/h17-18,22-27,29H,7-16H2,1-6H3/t18-,22+,23-,24-,25+,26+,27-,29+,31+,32-/m1/s1. The first-order valence-corrected chi connectivity index (χ1v) is 16.8. The smallest absolute Gasteiger partial charge is 0.332 e. The summed E-state index contributed by atoms with van der Waals surface area (Å²) in [7, 11) is 0. The van der Waals surface area contributed by atoms with Gasteiger partial charge < -0.3 is 14.3 Å². The molecule has 0 radical (unpaired) electrons. The number of aryl methyl sites for hydroxylation is 1. The Labute approximate surface area is 253 Å². The highest BCUT2D eigenvalue weighted by atomic mass is 32.1. The largest absolute Gasteiger partial charge is 0.463 e. The number of hydrogen-bond acceptors (Lipinski definition) is 8. The van der Waals surface area contributed by atoms with Gasteiger partial charge in [-0.15, -0.1) is 11.3 Å². The zero-order valence-corrected chi connectivity index (χ0v) is 27.1. The normalized spacial score (nSPS) is 38.6. The van der Waals surface area contributed by atoms with E-state index in [-0.39, 0.29) is 40.9 Å². The van der Waals surface area contributed by atoms with E-state index in [4.69, 9.17) is 26.5 Å². The van der Waals surface area contributed by atoms with Crippen molar-refractivity contribution in [3.05, 3.63) is 15.0 Å². The average Bonchev–Trinajstić information content (AvgIpc) is 3.41. The maximum atomic E-state index is 12.7. The van der Waals surface area contributed by atoms with Crippen LogP contribution in [0.1, 0.15) is 105 Å². The predicted molar refractivity (Wildman–Crippen MR) is 160 cm³/mol. The lowest BCUT2D eigenvalue weighted by atomic mass is 9.43. The summed E-state index contributed by atoms with van der Waals surface area (Å²) in [6.07, 6.45) is 9.36. The lowest BCUT2D eigenvalue weighted by molar-refractivity contribution is -0.197. The number of fused-ring (bicyclic) bond motifs is 5. The fraction of sp³-hybridized carbons (Fsp3) is 0.812. The predicted octanol–water partition coefficient (Wildman–Crippen LogP) is 7.09. The van der Waals surface area contributed by atoms with E-state index >= 15 is 0 Å². The molecule has 0 unspecified atom stereocenters. The summed E-state index contributed by atoms with van der Waals surface area (Å²) in [6, 6.07) is 0. The maximum absolute atomic E-state index is 12.7. The number of ether oxygens (including phenoxy) is 2. The van der Waals surface area contributed by atoms with E-state index in [1.165, 1.54) is 36.3 Å². The summed E-state index contributed by atoms with van der Waals surface area (Å²) in [5, 5.41) is 1.90. The topological polar surface area (TPSA) is 83.8 Å². The number of rotatable bonds is 7. The van der Waals surface area contributed by atoms with Crippen LogP contribution in [0.25, 0.3) is 0 Å². The molecule has 0 bridgehead atoms. The number of carbonyl (C=O) groups excluding carboxylic acids is 3. The monoisotopic (exact) mass is 605 g/mol. The minimum atomic E-state index is -0.233. The van der Waals surface area contributed by atoms with Crippen LogP contribution in [0.15, 0.2) is 5.38 Å². The van der Waals surface area contributed by atoms with Crippen LogP contribution in [-0.2, 0) is 23.9 Å². The Morgan fingerprint density at radius 3 is 2.37 bits per heavy atom. The number of thiazole rings is 1. The molecule has 5 rings (SSSR count). The zero-order valence-electron chi connectivity index (χ0n) is 25.5. The third-order valence-corrected chi connectivity index (χ3v) is 13.1. The molecule has 0 aliphatic heterocycles. The lowest BCUT2D eigenvalue weighted by Crippen LogP contribution is -2.59. The molecule has 7 nitrogen and oxygen atoms in total. The van der Waals surface area contributed by atoms with E-state index in [1.54, 1.807) is 0 Å². The van der Waals surface area contributed by atoms with Gasteiger partial charge in [0, 0.05) is 31.6 Å². The Morgan fingerprint density at radius 2 is 1.71 bits per heavy atom. The molecule has 41 heavy (non-hydrogen) atoms. The Kier molecular flexibility index (Phi) is 8.79. The molecule has 1 heterocycles. The second kappa shape index (κ2) is 11.7. The molecule has 0 spiro atoms. The molecule has 0 saturated heterocycles. The van der Waals surface area contributed by atoms with Crippen molar-refractivity contribution >= 4 is 41.5 Å². The quantitative estimate of drug-likeness (QED) is 0.242. The molecule has 0 amide bonds. The van der Waals surface area contributed by atoms with E-state index in [1.807, 2.05) is 12.3 Å². The Bertz CT molecular complexity index is 1220. The molecule has 10 atom stereocenters. The van der Waals surface area contributed by atoms with Gasteiger partial charge in [-0.1, -0.05) is 20.8 Å². The van der Waals surface area contributed by atoms with Crippen LogP contribution in [0.4, 0.5) is 0 Å². The number of carbonyl (C=O) groups is 3.